The van der Waals surface area contributed by atoms with Crippen molar-refractivity contribution in [3.63, 3.8) is 0 Å². The van der Waals surface area contributed by atoms with E-state index in [2.05, 4.69) is 15.0 Å². The van der Waals surface area contributed by atoms with E-state index >= 15 is 0 Å². The molecule has 2 heterocycles. The third-order valence-corrected chi connectivity index (χ3v) is 2.84. The van der Waals surface area contributed by atoms with E-state index in [1.165, 1.54) is 17.7 Å². The zero-order chi connectivity index (χ0) is 9.97. The van der Waals surface area contributed by atoms with Crippen LogP contribution in [-0.2, 0) is 11.3 Å². The molecule has 14 heavy (non-hydrogen) atoms. The van der Waals surface area contributed by atoms with Crippen molar-refractivity contribution < 1.29 is 4.74 Å². The molecule has 0 amide bonds. The van der Waals surface area contributed by atoms with Gasteiger partial charge in [0, 0.05) is 6.61 Å². The SMILES string of the molecule is CCOCc1nc2c(Cl)ncnc2s1. The molecule has 0 bridgehead atoms. The lowest BCUT2D eigenvalue weighted by Crippen LogP contribution is -1.90. The minimum atomic E-state index is 0.397. The van der Waals surface area contributed by atoms with E-state index in [0.29, 0.717) is 23.9 Å². The number of hydrogen-bond acceptors (Lipinski definition) is 5. The highest BCUT2D eigenvalue weighted by molar-refractivity contribution is 7.18. The van der Waals surface area contributed by atoms with Gasteiger partial charge in [0.15, 0.2) is 5.15 Å². The van der Waals surface area contributed by atoms with Crippen molar-refractivity contribution in [2.45, 2.75) is 13.5 Å². The molecule has 0 fully saturated rings. The standard InChI is InChI=1S/C8H8ClN3OS/c1-2-13-3-5-12-6-7(9)10-4-11-8(6)14-5/h4H,2-3H2,1H3. The van der Waals surface area contributed by atoms with Crippen molar-refractivity contribution in [3.05, 3.63) is 16.5 Å². The molecule has 0 unspecified atom stereocenters. The van der Waals surface area contributed by atoms with Gasteiger partial charge in [0.2, 0.25) is 0 Å². The van der Waals surface area contributed by atoms with Crippen molar-refractivity contribution in [1.29, 1.82) is 0 Å². The summed E-state index contributed by atoms with van der Waals surface area (Å²) in [6.07, 6.45) is 1.44. The smallest absolute Gasteiger partial charge is 0.159 e. The first-order valence-electron chi connectivity index (χ1n) is 4.15. The van der Waals surface area contributed by atoms with Gasteiger partial charge in [-0.2, -0.15) is 0 Å². The van der Waals surface area contributed by atoms with Gasteiger partial charge in [0.25, 0.3) is 0 Å². The third-order valence-electron chi connectivity index (χ3n) is 1.62. The summed E-state index contributed by atoms with van der Waals surface area (Å²) in [6.45, 7) is 3.13. The molecule has 0 atom stereocenters. The predicted molar refractivity (Wildman–Crippen MR) is 55.6 cm³/mol. The minimum Gasteiger partial charge on any atom is -0.375 e. The molecular formula is C8H8ClN3OS. The molecule has 0 aliphatic carbocycles. The molecule has 0 spiro atoms. The second-order valence-corrected chi connectivity index (χ2v) is 3.98. The number of ether oxygens (including phenoxy) is 1. The van der Waals surface area contributed by atoms with Gasteiger partial charge in [0.05, 0.1) is 6.61 Å². The van der Waals surface area contributed by atoms with Gasteiger partial charge in [-0.15, -0.1) is 0 Å². The molecule has 6 heteroatoms. The van der Waals surface area contributed by atoms with Crippen LogP contribution in [0, 0.1) is 0 Å². The van der Waals surface area contributed by atoms with E-state index in [1.54, 1.807) is 0 Å². The maximum Gasteiger partial charge on any atom is 0.159 e. The molecule has 4 nitrogen and oxygen atoms in total. The average Bonchev–Trinajstić information content (AvgIpc) is 2.59. The zero-order valence-corrected chi connectivity index (χ0v) is 9.10. The summed E-state index contributed by atoms with van der Waals surface area (Å²) in [5, 5.41) is 1.28. The van der Waals surface area contributed by atoms with Crippen LogP contribution in [-0.4, -0.2) is 21.6 Å². The zero-order valence-electron chi connectivity index (χ0n) is 7.53. The first kappa shape index (κ1) is 9.76. The Hall–Kier alpha value is -0.780. The van der Waals surface area contributed by atoms with Crippen LogP contribution in [0.5, 0.6) is 0 Å². The number of fused-ring (bicyclic) bond motifs is 1. The van der Waals surface area contributed by atoms with Crippen LogP contribution in [0.2, 0.25) is 5.15 Å². The fourth-order valence-electron chi connectivity index (χ4n) is 1.02. The summed E-state index contributed by atoms with van der Waals surface area (Å²) in [6, 6.07) is 0. The Morgan fingerprint density at radius 1 is 1.50 bits per heavy atom. The first-order chi connectivity index (χ1) is 6.81. The fraction of sp³-hybridized carbons (Fsp3) is 0.375. The van der Waals surface area contributed by atoms with Crippen LogP contribution in [0.3, 0.4) is 0 Å². The Kier molecular flexibility index (Phi) is 2.90. The lowest BCUT2D eigenvalue weighted by Gasteiger charge is -1.93. The lowest BCUT2D eigenvalue weighted by molar-refractivity contribution is 0.134. The third kappa shape index (κ3) is 1.84. The lowest BCUT2D eigenvalue weighted by atomic mass is 10.6. The second kappa shape index (κ2) is 4.16. The monoisotopic (exact) mass is 229 g/mol. The average molecular weight is 230 g/mol. The number of nitrogens with zero attached hydrogens (tertiary/aromatic N) is 3. The highest BCUT2D eigenvalue weighted by Crippen LogP contribution is 2.24. The molecule has 0 N–H and O–H groups in total. The summed E-state index contributed by atoms with van der Waals surface area (Å²) < 4.78 is 5.25. The molecule has 74 valence electrons. The van der Waals surface area contributed by atoms with E-state index in [9.17, 15) is 0 Å². The molecule has 2 aromatic rings. The van der Waals surface area contributed by atoms with Crippen molar-refractivity contribution in [2.24, 2.45) is 0 Å². The van der Waals surface area contributed by atoms with Crippen LogP contribution in [0.1, 0.15) is 11.9 Å². The second-order valence-electron chi connectivity index (χ2n) is 2.56. The molecular weight excluding hydrogens is 222 g/mol. The fourth-order valence-corrected chi connectivity index (χ4v) is 2.09. The van der Waals surface area contributed by atoms with E-state index < -0.39 is 0 Å². The van der Waals surface area contributed by atoms with E-state index in [-0.39, 0.29) is 0 Å². The van der Waals surface area contributed by atoms with Crippen LogP contribution in [0.25, 0.3) is 10.3 Å². The molecule has 0 aliphatic heterocycles. The summed E-state index contributed by atoms with van der Waals surface area (Å²) >= 11 is 7.34. The number of aromatic nitrogens is 3. The molecule has 0 aliphatic rings. The van der Waals surface area contributed by atoms with Crippen LogP contribution in [0.15, 0.2) is 6.33 Å². The Labute approximate surface area is 89.9 Å². The van der Waals surface area contributed by atoms with Gasteiger partial charge in [-0.3, -0.25) is 0 Å². The van der Waals surface area contributed by atoms with Crippen molar-refractivity contribution in [1.82, 2.24) is 15.0 Å². The van der Waals surface area contributed by atoms with Crippen molar-refractivity contribution in [3.8, 4) is 0 Å². The summed E-state index contributed by atoms with van der Waals surface area (Å²) in [7, 11) is 0. The Morgan fingerprint density at radius 2 is 2.36 bits per heavy atom. The van der Waals surface area contributed by atoms with Gasteiger partial charge in [-0.1, -0.05) is 22.9 Å². The number of thiazole rings is 1. The normalized spacial score (nSPS) is 11.0. The summed E-state index contributed by atoms with van der Waals surface area (Å²) in [5.41, 5.74) is 0.661. The molecule has 0 radical (unpaired) electrons. The van der Waals surface area contributed by atoms with Gasteiger partial charge < -0.3 is 4.74 Å². The van der Waals surface area contributed by atoms with Crippen LogP contribution < -0.4 is 0 Å². The molecule has 0 aromatic carbocycles. The van der Waals surface area contributed by atoms with Crippen LogP contribution in [0.4, 0.5) is 0 Å². The maximum absolute atomic E-state index is 5.86. The molecule has 2 rings (SSSR count). The summed E-state index contributed by atoms with van der Waals surface area (Å²) in [5.74, 6) is 0. The maximum atomic E-state index is 5.86. The van der Waals surface area contributed by atoms with E-state index in [1.807, 2.05) is 6.92 Å². The topological polar surface area (TPSA) is 47.9 Å². The quantitative estimate of drug-likeness (QED) is 0.758. The van der Waals surface area contributed by atoms with Crippen LogP contribution >= 0.6 is 22.9 Å². The van der Waals surface area contributed by atoms with Gasteiger partial charge in [-0.05, 0) is 6.92 Å². The number of hydrogen-bond donors (Lipinski definition) is 0. The highest BCUT2D eigenvalue weighted by atomic mass is 35.5. The van der Waals surface area contributed by atoms with Gasteiger partial charge in [-0.25, -0.2) is 15.0 Å². The predicted octanol–water partition coefficient (Wildman–Crippen LogP) is 2.28. The summed E-state index contributed by atoms with van der Waals surface area (Å²) in [4.78, 5) is 13.0. The van der Waals surface area contributed by atoms with Crippen molar-refractivity contribution in [2.75, 3.05) is 6.61 Å². The minimum absolute atomic E-state index is 0.397. The Bertz CT molecular complexity index is 445. The highest BCUT2D eigenvalue weighted by Gasteiger charge is 2.08. The van der Waals surface area contributed by atoms with E-state index in [0.717, 1.165) is 9.84 Å². The largest absolute Gasteiger partial charge is 0.375 e. The first-order valence-corrected chi connectivity index (χ1v) is 5.34. The van der Waals surface area contributed by atoms with Gasteiger partial charge >= 0.3 is 0 Å². The number of rotatable bonds is 3. The van der Waals surface area contributed by atoms with E-state index in [4.69, 9.17) is 16.3 Å². The van der Waals surface area contributed by atoms with Crippen molar-refractivity contribution >= 4 is 33.3 Å². The number of halogens is 1. The van der Waals surface area contributed by atoms with Gasteiger partial charge in [0.1, 0.15) is 21.7 Å². The Balaban J connectivity index is 2.36. The molecule has 0 saturated carbocycles. The molecule has 0 saturated heterocycles. The molecule has 2 aromatic heterocycles. The Morgan fingerprint density at radius 3 is 3.07 bits per heavy atom.